The molecule has 8 heteroatoms. The van der Waals surface area contributed by atoms with Gasteiger partial charge in [-0.25, -0.2) is 8.78 Å². The lowest BCUT2D eigenvalue weighted by atomic mass is 10.1. The first-order valence-corrected chi connectivity index (χ1v) is 5.98. The van der Waals surface area contributed by atoms with Crippen LogP contribution in [-0.2, 0) is 9.53 Å². The maximum absolute atomic E-state index is 13.6. The molecular formula is C13H14F3NO4. The molecule has 21 heavy (non-hydrogen) atoms. The van der Waals surface area contributed by atoms with E-state index >= 15 is 0 Å². The number of carbonyl (C=O) groups excluding carboxylic acids is 2. The number of hydrogen-bond acceptors (Lipinski definition) is 4. The van der Waals surface area contributed by atoms with Crippen molar-refractivity contribution in [1.29, 1.82) is 0 Å². The Morgan fingerprint density at radius 1 is 1.29 bits per heavy atom. The number of hydrogen-bond donors (Lipinski definition) is 1. The summed E-state index contributed by atoms with van der Waals surface area (Å²) in [5, 5.41) is 9.06. The summed E-state index contributed by atoms with van der Waals surface area (Å²) in [6.45, 7) is 0.0765. The van der Waals surface area contributed by atoms with Crippen LogP contribution in [0.3, 0.4) is 0 Å². The zero-order valence-corrected chi connectivity index (χ0v) is 11.5. The normalized spacial score (nSPS) is 10.3. The molecule has 1 rings (SSSR count). The Labute approximate surface area is 118 Å². The van der Waals surface area contributed by atoms with E-state index in [9.17, 15) is 22.8 Å². The molecule has 0 atom stereocenters. The predicted octanol–water partition coefficient (Wildman–Crippen LogP) is 1.83. The molecule has 116 valence electrons. The van der Waals surface area contributed by atoms with Crippen LogP contribution in [0.15, 0.2) is 6.07 Å². The number of amides is 1. The molecule has 5 nitrogen and oxygen atoms in total. The Hall–Kier alpha value is -2.25. The van der Waals surface area contributed by atoms with Crippen molar-refractivity contribution in [1.82, 2.24) is 4.90 Å². The van der Waals surface area contributed by atoms with Crippen molar-refractivity contribution in [2.75, 3.05) is 20.7 Å². The molecule has 0 aliphatic carbocycles. The molecule has 1 N–H and O–H groups in total. The van der Waals surface area contributed by atoms with Crippen LogP contribution in [0, 0.1) is 17.5 Å². The Bertz CT molecular complexity index is 563. The van der Waals surface area contributed by atoms with Crippen molar-refractivity contribution in [3.8, 4) is 5.75 Å². The van der Waals surface area contributed by atoms with Gasteiger partial charge in [-0.05, 0) is 12.5 Å². The Morgan fingerprint density at radius 2 is 1.90 bits per heavy atom. The minimum absolute atomic E-state index is 0.0552. The number of nitrogens with zero attached hydrogens (tertiary/aromatic N) is 1. The molecular weight excluding hydrogens is 291 g/mol. The van der Waals surface area contributed by atoms with E-state index in [1.54, 1.807) is 0 Å². The van der Waals surface area contributed by atoms with Crippen molar-refractivity contribution in [3.63, 3.8) is 0 Å². The Kier molecular flexibility index (Phi) is 5.57. The smallest absolute Gasteiger partial charge is 0.305 e. The lowest BCUT2D eigenvalue weighted by Gasteiger charge is -2.17. The van der Waals surface area contributed by atoms with Gasteiger partial charge in [0.15, 0.2) is 17.4 Å². The topological polar surface area (TPSA) is 66.8 Å². The van der Waals surface area contributed by atoms with Gasteiger partial charge in [-0.2, -0.15) is 4.39 Å². The van der Waals surface area contributed by atoms with Gasteiger partial charge >= 0.3 is 5.97 Å². The number of aromatic hydroxyl groups is 1. The summed E-state index contributed by atoms with van der Waals surface area (Å²) >= 11 is 0. The number of esters is 1. The van der Waals surface area contributed by atoms with Gasteiger partial charge in [0.05, 0.1) is 12.7 Å². The maximum Gasteiger partial charge on any atom is 0.305 e. The SMILES string of the molecule is COC(=O)CCCN(C)C(=O)c1cc(F)c(F)c(O)c1F. The first-order chi connectivity index (χ1) is 9.79. The molecule has 0 aliphatic heterocycles. The third-order valence-electron chi connectivity index (χ3n) is 2.81. The summed E-state index contributed by atoms with van der Waals surface area (Å²) in [6.07, 6.45) is 0.311. The van der Waals surface area contributed by atoms with Gasteiger partial charge in [-0.3, -0.25) is 9.59 Å². The average Bonchev–Trinajstić information content (AvgIpc) is 2.47. The lowest BCUT2D eigenvalue weighted by Crippen LogP contribution is -2.29. The summed E-state index contributed by atoms with van der Waals surface area (Å²) in [5.74, 6) is -7.75. The van der Waals surface area contributed by atoms with E-state index in [2.05, 4.69) is 4.74 Å². The quantitative estimate of drug-likeness (QED) is 0.666. The van der Waals surface area contributed by atoms with Gasteiger partial charge in [0.1, 0.15) is 0 Å². The second kappa shape index (κ2) is 6.96. The van der Waals surface area contributed by atoms with Crippen LogP contribution in [0.1, 0.15) is 23.2 Å². The van der Waals surface area contributed by atoms with E-state index in [0.29, 0.717) is 6.07 Å². The largest absolute Gasteiger partial charge is 0.503 e. The van der Waals surface area contributed by atoms with Crippen LogP contribution >= 0.6 is 0 Å². The molecule has 0 spiro atoms. The lowest BCUT2D eigenvalue weighted by molar-refractivity contribution is -0.140. The fraction of sp³-hybridized carbons (Fsp3) is 0.385. The number of methoxy groups -OCH3 is 1. The van der Waals surface area contributed by atoms with Crippen LogP contribution in [0.4, 0.5) is 13.2 Å². The van der Waals surface area contributed by atoms with Gasteiger partial charge in [0.25, 0.3) is 5.91 Å². The van der Waals surface area contributed by atoms with Gasteiger partial charge in [-0.15, -0.1) is 0 Å². The highest BCUT2D eigenvalue weighted by molar-refractivity contribution is 5.94. The zero-order valence-electron chi connectivity index (χ0n) is 11.5. The number of benzene rings is 1. The molecule has 0 heterocycles. The Balaban J connectivity index is 2.82. The fourth-order valence-electron chi connectivity index (χ4n) is 1.62. The number of phenols is 1. The molecule has 1 amide bonds. The average molecular weight is 305 g/mol. The minimum atomic E-state index is -1.75. The van der Waals surface area contributed by atoms with E-state index in [0.717, 1.165) is 4.90 Å². The second-order valence-corrected chi connectivity index (χ2v) is 4.29. The number of ether oxygens (including phenoxy) is 1. The Morgan fingerprint density at radius 3 is 2.48 bits per heavy atom. The fourth-order valence-corrected chi connectivity index (χ4v) is 1.62. The first kappa shape index (κ1) is 16.8. The minimum Gasteiger partial charge on any atom is -0.503 e. The van der Waals surface area contributed by atoms with Crippen molar-refractivity contribution in [3.05, 3.63) is 29.1 Å². The number of phenolic OH excluding ortho intramolecular Hbond substituents is 1. The highest BCUT2D eigenvalue weighted by Crippen LogP contribution is 2.26. The summed E-state index contributed by atoms with van der Waals surface area (Å²) in [5.41, 5.74) is -0.785. The van der Waals surface area contributed by atoms with E-state index in [1.165, 1.54) is 14.2 Å². The van der Waals surface area contributed by atoms with E-state index < -0.39 is 40.6 Å². The molecule has 0 aliphatic rings. The highest BCUT2D eigenvalue weighted by Gasteiger charge is 2.24. The third kappa shape index (κ3) is 3.87. The molecule has 1 aromatic rings. The molecule has 0 radical (unpaired) electrons. The summed E-state index contributed by atoms with van der Waals surface area (Å²) < 4.78 is 44.0. The van der Waals surface area contributed by atoms with Crippen molar-refractivity contribution >= 4 is 11.9 Å². The van der Waals surface area contributed by atoms with Crippen LogP contribution in [0.5, 0.6) is 5.75 Å². The predicted molar refractivity (Wildman–Crippen MR) is 66.2 cm³/mol. The number of halogens is 3. The van der Waals surface area contributed by atoms with Crippen molar-refractivity contribution < 1.29 is 32.6 Å². The van der Waals surface area contributed by atoms with Gasteiger partial charge < -0.3 is 14.7 Å². The molecule has 0 saturated heterocycles. The first-order valence-electron chi connectivity index (χ1n) is 5.98. The zero-order chi connectivity index (χ0) is 16.2. The third-order valence-corrected chi connectivity index (χ3v) is 2.81. The monoisotopic (exact) mass is 305 g/mol. The highest BCUT2D eigenvalue weighted by atomic mass is 19.2. The van der Waals surface area contributed by atoms with Gasteiger partial charge in [0.2, 0.25) is 5.82 Å². The molecule has 1 aromatic carbocycles. The summed E-state index contributed by atoms with van der Waals surface area (Å²) in [4.78, 5) is 23.8. The van der Waals surface area contributed by atoms with Crippen LogP contribution in [0.25, 0.3) is 0 Å². The van der Waals surface area contributed by atoms with Gasteiger partial charge in [-0.1, -0.05) is 0 Å². The number of rotatable bonds is 5. The van der Waals surface area contributed by atoms with E-state index in [1.807, 2.05) is 0 Å². The standard InChI is InChI=1S/C13H14F3NO4/c1-17(5-3-4-9(18)21-2)13(20)7-6-8(14)11(16)12(19)10(7)15/h6,19H,3-5H2,1-2H3. The second-order valence-electron chi connectivity index (χ2n) is 4.29. The van der Waals surface area contributed by atoms with E-state index in [-0.39, 0.29) is 19.4 Å². The molecule has 0 aromatic heterocycles. The van der Waals surface area contributed by atoms with Crippen LogP contribution in [-0.4, -0.2) is 42.6 Å². The van der Waals surface area contributed by atoms with E-state index in [4.69, 9.17) is 5.11 Å². The summed E-state index contributed by atoms with van der Waals surface area (Å²) in [6, 6.07) is 0.378. The van der Waals surface area contributed by atoms with Crippen molar-refractivity contribution in [2.45, 2.75) is 12.8 Å². The molecule has 0 unspecified atom stereocenters. The van der Waals surface area contributed by atoms with Crippen molar-refractivity contribution in [2.24, 2.45) is 0 Å². The molecule has 0 bridgehead atoms. The maximum atomic E-state index is 13.6. The molecule has 0 fully saturated rings. The van der Waals surface area contributed by atoms with Crippen LogP contribution < -0.4 is 0 Å². The molecule has 0 saturated carbocycles. The summed E-state index contributed by atoms with van der Waals surface area (Å²) in [7, 11) is 2.52. The van der Waals surface area contributed by atoms with Crippen LogP contribution in [0.2, 0.25) is 0 Å². The number of carbonyl (C=O) groups is 2. The van der Waals surface area contributed by atoms with Gasteiger partial charge in [0, 0.05) is 20.0 Å².